The predicted molar refractivity (Wildman–Crippen MR) is 74.0 cm³/mol. The van der Waals surface area contributed by atoms with Crippen molar-refractivity contribution in [1.29, 1.82) is 0 Å². The number of aliphatic carboxylic acids is 1. The van der Waals surface area contributed by atoms with Crippen molar-refractivity contribution in [2.45, 2.75) is 39.2 Å². The van der Waals surface area contributed by atoms with Crippen molar-refractivity contribution >= 4 is 11.9 Å². The molecule has 1 N–H and O–H groups in total. The number of benzene rings is 1. The topological polar surface area (TPSA) is 57.6 Å². The maximum atomic E-state index is 12.2. The third kappa shape index (κ3) is 4.39. The normalized spacial score (nSPS) is 11.2. The molecule has 0 atom stereocenters. The Morgan fingerprint density at radius 3 is 2.21 bits per heavy atom. The van der Waals surface area contributed by atoms with Gasteiger partial charge < -0.3 is 10.0 Å². The van der Waals surface area contributed by atoms with E-state index in [2.05, 4.69) is 0 Å². The second-order valence-electron chi connectivity index (χ2n) is 5.50. The molecule has 0 aliphatic carbocycles. The van der Waals surface area contributed by atoms with Crippen molar-refractivity contribution < 1.29 is 14.7 Å². The molecule has 19 heavy (non-hydrogen) atoms. The number of hydrogen-bond acceptors (Lipinski definition) is 2. The number of hydrogen-bond donors (Lipinski definition) is 1. The molecule has 0 aromatic heterocycles. The molecule has 4 nitrogen and oxygen atoms in total. The van der Waals surface area contributed by atoms with Gasteiger partial charge in [-0.2, -0.15) is 0 Å². The van der Waals surface area contributed by atoms with E-state index in [1.807, 2.05) is 31.2 Å². The van der Waals surface area contributed by atoms with Crippen LogP contribution in [0.4, 0.5) is 0 Å². The van der Waals surface area contributed by atoms with Gasteiger partial charge in [-0.1, -0.05) is 29.8 Å². The van der Waals surface area contributed by atoms with Gasteiger partial charge in [0.2, 0.25) is 5.91 Å². The Hall–Kier alpha value is -1.84. The van der Waals surface area contributed by atoms with Crippen molar-refractivity contribution in [2.24, 2.45) is 0 Å². The van der Waals surface area contributed by atoms with Crippen LogP contribution >= 0.6 is 0 Å². The summed E-state index contributed by atoms with van der Waals surface area (Å²) < 4.78 is 0. The Balaban J connectivity index is 2.72. The zero-order valence-electron chi connectivity index (χ0n) is 11.9. The van der Waals surface area contributed by atoms with E-state index in [1.165, 1.54) is 4.90 Å². The van der Waals surface area contributed by atoms with Crippen molar-refractivity contribution in [3.63, 3.8) is 0 Å². The number of nitrogens with zero attached hydrogens (tertiary/aromatic N) is 1. The number of carboxylic acids is 1. The highest BCUT2D eigenvalue weighted by Gasteiger charge is 2.29. The minimum Gasteiger partial charge on any atom is -0.481 e. The van der Waals surface area contributed by atoms with E-state index in [4.69, 9.17) is 5.11 Å². The average molecular weight is 263 g/mol. The second kappa shape index (κ2) is 5.87. The molecular weight excluding hydrogens is 242 g/mol. The predicted octanol–water partition coefficient (Wildman–Crippen LogP) is 2.25. The molecule has 0 saturated heterocycles. The number of rotatable bonds is 5. The van der Waals surface area contributed by atoms with Crippen molar-refractivity contribution in [1.82, 2.24) is 4.90 Å². The van der Waals surface area contributed by atoms with Gasteiger partial charge in [-0.05, 0) is 26.3 Å². The van der Waals surface area contributed by atoms with Crippen molar-refractivity contribution in [3.05, 3.63) is 35.4 Å². The fourth-order valence-electron chi connectivity index (χ4n) is 1.83. The smallest absolute Gasteiger partial charge is 0.305 e. The fourth-order valence-corrected chi connectivity index (χ4v) is 1.83. The molecule has 4 heteroatoms. The Morgan fingerprint density at radius 1 is 1.21 bits per heavy atom. The first kappa shape index (κ1) is 15.2. The molecule has 0 bridgehead atoms. The summed E-state index contributed by atoms with van der Waals surface area (Å²) >= 11 is 0. The minimum absolute atomic E-state index is 0.0663. The highest BCUT2D eigenvalue weighted by atomic mass is 16.4. The molecule has 0 aliphatic rings. The lowest BCUT2D eigenvalue weighted by Crippen LogP contribution is -2.47. The maximum absolute atomic E-state index is 12.2. The summed E-state index contributed by atoms with van der Waals surface area (Å²) in [5.41, 5.74) is 1.40. The molecule has 0 saturated carbocycles. The Bertz CT molecular complexity index is 463. The zero-order chi connectivity index (χ0) is 14.6. The van der Waals surface area contributed by atoms with E-state index < -0.39 is 11.5 Å². The van der Waals surface area contributed by atoms with E-state index >= 15 is 0 Å². The fraction of sp³-hybridized carbons (Fsp3) is 0.467. The van der Waals surface area contributed by atoms with E-state index in [0.717, 1.165) is 11.1 Å². The Kier molecular flexibility index (Phi) is 4.70. The van der Waals surface area contributed by atoms with Gasteiger partial charge in [0.25, 0.3) is 0 Å². The number of carbonyl (C=O) groups excluding carboxylic acids is 1. The summed E-state index contributed by atoms with van der Waals surface area (Å²) in [5, 5.41) is 8.86. The quantitative estimate of drug-likeness (QED) is 0.886. The van der Waals surface area contributed by atoms with Crippen LogP contribution in [0.3, 0.4) is 0 Å². The standard InChI is InChI=1S/C15H21NO3/c1-11-5-7-12(8-6-11)9-13(17)16(4)15(2,3)10-14(18)19/h5-8H,9-10H2,1-4H3,(H,18,19). The van der Waals surface area contributed by atoms with Crippen LogP contribution in [0.2, 0.25) is 0 Å². The number of carboxylic acid groups (broad SMARTS) is 1. The molecule has 1 rings (SSSR count). The number of aryl methyl sites for hydroxylation is 1. The molecular formula is C15H21NO3. The average Bonchev–Trinajstić information content (AvgIpc) is 2.29. The molecule has 1 aromatic rings. The van der Waals surface area contributed by atoms with Gasteiger partial charge in [-0.15, -0.1) is 0 Å². The first-order chi connectivity index (χ1) is 8.72. The third-order valence-corrected chi connectivity index (χ3v) is 3.34. The van der Waals surface area contributed by atoms with Gasteiger partial charge in [0.15, 0.2) is 0 Å². The molecule has 1 aromatic carbocycles. The lowest BCUT2D eigenvalue weighted by molar-refractivity contribution is -0.142. The summed E-state index contributed by atoms with van der Waals surface area (Å²) in [6.07, 6.45) is 0.225. The molecule has 0 aliphatic heterocycles. The monoisotopic (exact) mass is 263 g/mol. The largest absolute Gasteiger partial charge is 0.481 e. The molecule has 104 valence electrons. The molecule has 1 amide bonds. The lowest BCUT2D eigenvalue weighted by atomic mass is 9.97. The zero-order valence-corrected chi connectivity index (χ0v) is 11.9. The first-order valence-electron chi connectivity index (χ1n) is 6.26. The van der Waals surface area contributed by atoms with Gasteiger partial charge in [0, 0.05) is 12.6 Å². The summed E-state index contributed by atoms with van der Waals surface area (Å²) in [7, 11) is 1.65. The summed E-state index contributed by atoms with van der Waals surface area (Å²) in [6, 6.07) is 7.77. The first-order valence-corrected chi connectivity index (χ1v) is 6.26. The van der Waals surface area contributed by atoms with E-state index in [0.29, 0.717) is 6.42 Å². The number of carbonyl (C=O) groups is 2. The van der Waals surface area contributed by atoms with Crippen LogP contribution in [0.1, 0.15) is 31.4 Å². The number of amides is 1. The van der Waals surface area contributed by atoms with Gasteiger partial charge in [0.05, 0.1) is 12.8 Å². The summed E-state index contributed by atoms with van der Waals surface area (Å²) in [6.45, 7) is 5.51. The summed E-state index contributed by atoms with van der Waals surface area (Å²) in [4.78, 5) is 24.5. The van der Waals surface area contributed by atoms with Gasteiger partial charge >= 0.3 is 5.97 Å². The Labute approximate surface area is 114 Å². The van der Waals surface area contributed by atoms with Crippen LogP contribution in [-0.2, 0) is 16.0 Å². The van der Waals surface area contributed by atoms with E-state index in [1.54, 1.807) is 20.9 Å². The number of likely N-dealkylation sites (N-methyl/N-ethyl adjacent to an activating group) is 1. The molecule has 0 spiro atoms. The Morgan fingerprint density at radius 2 is 1.74 bits per heavy atom. The van der Waals surface area contributed by atoms with Gasteiger partial charge in [-0.25, -0.2) is 0 Å². The minimum atomic E-state index is -0.903. The SMILES string of the molecule is Cc1ccc(CC(=O)N(C)C(C)(C)CC(=O)O)cc1. The summed E-state index contributed by atoms with van der Waals surface area (Å²) in [5.74, 6) is -0.977. The molecule has 0 fully saturated rings. The van der Waals surface area contributed by atoms with Gasteiger partial charge in [-0.3, -0.25) is 9.59 Å². The van der Waals surface area contributed by atoms with Crippen molar-refractivity contribution in [3.8, 4) is 0 Å². The maximum Gasteiger partial charge on any atom is 0.305 e. The van der Waals surface area contributed by atoms with Crippen molar-refractivity contribution in [2.75, 3.05) is 7.05 Å². The van der Waals surface area contributed by atoms with Crippen LogP contribution in [0.25, 0.3) is 0 Å². The molecule has 0 unspecified atom stereocenters. The van der Waals surface area contributed by atoms with Crippen LogP contribution in [0.5, 0.6) is 0 Å². The van der Waals surface area contributed by atoms with Crippen LogP contribution in [0.15, 0.2) is 24.3 Å². The van der Waals surface area contributed by atoms with Crippen LogP contribution in [-0.4, -0.2) is 34.5 Å². The second-order valence-corrected chi connectivity index (χ2v) is 5.50. The molecule has 0 radical (unpaired) electrons. The lowest BCUT2D eigenvalue weighted by Gasteiger charge is -2.34. The highest BCUT2D eigenvalue weighted by molar-refractivity contribution is 5.80. The van der Waals surface area contributed by atoms with Gasteiger partial charge in [0.1, 0.15) is 0 Å². The highest BCUT2D eigenvalue weighted by Crippen LogP contribution is 2.18. The van der Waals surface area contributed by atoms with Crippen LogP contribution < -0.4 is 0 Å². The van der Waals surface area contributed by atoms with Crippen LogP contribution in [0, 0.1) is 6.92 Å². The third-order valence-electron chi connectivity index (χ3n) is 3.34. The molecule has 0 heterocycles. The van der Waals surface area contributed by atoms with E-state index in [9.17, 15) is 9.59 Å². The van der Waals surface area contributed by atoms with E-state index in [-0.39, 0.29) is 12.3 Å².